The number of alkyl halides is 1. The third-order valence-electron chi connectivity index (χ3n) is 2.86. The van der Waals surface area contributed by atoms with Gasteiger partial charge in [-0.05, 0) is 25.0 Å². The first-order valence-electron chi connectivity index (χ1n) is 5.70. The molecule has 1 aliphatic rings. The molecule has 0 N–H and O–H groups in total. The number of rotatable bonds is 4. The number of hydrogen-bond donors (Lipinski definition) is 0. The van der Waals surface area contributed by atoms with Crippen LogP contribution < -0.4 is 0 Å². The lowest BCUT2D eigenvalue weighted by molar-refractivity contribution is 0.0652. The van der Waals surface area contributed by atoms with Crippen molar-refractivity contribution in [2.24, 2.45) is 0 Å². The van der Waals surface area contributed by atoms with Crippen molar-refractivity contribution >= 4 is 34.4 Å². The van der Waals surface area contributed by atoms with Crippen molar-refractivity contribution in [1.29, 1.82) is 0 Å². The van der Waals surface area contributed by atoms with Gasteiger partial charge < -0.3 is 0 Å². The van der Waals surface area contributed by atoms with Crippen LogP contribution in [0.5, 0.6) is 0 Å². The number of halogens is 1. The molecule has 3 nitrogen and oxygen atoms in total. The van der Waals surface area contributed by atoms with Gasteiger partial charge in [0.1, 0.15) is 0 Å². The minimum atomic E-state index is -0.147. The molecular formula is C13H14INO2. The number of fused-ring (bicyclic) bond motifs is 1. The van der Waals surface area contributed by atoms with Crippen LogP contribution >= 0.6 is 22.6 Å². The third kappa shape index (κ3) is 2.51. The molecule has 0 saturated heterocycles. The Hall–Kier alpha value is -0.910. The molecule has 1 aromatic rings. The van der Waals surface area contributed by atoms with Crippen LogP contribution in [0.25, 0.3) is 0 Å². The van der Waals surface area contributed by atoms with Gasteiger partial charge in [0.05, 0.1) is 11.1 Å². The van der Waals surface area contributed by atoms with Crippen molar-refractivity contribution in [3.8, 4) is 0 Å². The summed E-state index contributed by atoms with van der Waals surface area (Å²) in [6.07, 6.45) is 1.89. The average molecular weight is 343 g/mol. The van der Waals surface area contributed by atoms with Gasteiger partial charge in [-0.15, -0.1) is 0 Å². The van der Waals surface area contributed by atoms with E-state index in [2.05, 4.69) is 29.5 Å². The topological polar surface area (TPSA) is 37.4 Å². The highest BCUT2D eigenvalue weighted by Gasteiger charge is 2.34. The van der Waals surface area contributed by atoms with Crippen LogP contribution in [0, 0.1) is 0 Å². The van der Waals surface area contributed by atoms with E-state index in [0.29, 0.717) is 21.6 Å². The predicted molar refractivity (Wildman–Crippen MR) is 74.5 cm³/mol. The molecule has 1 aliphatic heterocycles. The summed E-state index contributed by atoms with van der Waals surface area (Å²) in [5.41, 5.74) is 1.08. The zero-order chi connectivity index (χ0) is 12.4. The standard InChI is InChI=1S/C13H14INO2/c1-9(14)5-4-8-15-12(16)10-6-2-3-7-11(10)13(15)17/h2-3,6-7,9H,4-5,8H2,1H3/t9-/m0/s1. The zero-order valence-corrected chi connectivity index (χ0v) is 11.8. The van der Waals surface area contributed by atoms with Crippen LogP contribution in [0.4, 0.5) is 0 Å². The molecule has 0 saturated carbocycles. The van der Waals surface area contributed by atoms with E-state index in [9.17, 15) is 9.59 Å². The van der Waals surface area contributed by atoms with E-state index in [1.54, 1.807) is 24.3 Å². The fraction of sp³-hybridized carbons (Fsp3) is 0.385. The molecule has 1 heterocycles. The van der Waals surface area contributed by atoms with Gasteiger partial charge in [0, 0.05) is 10.5 Å². The summed E-state index contributed by atoms with van der Waals surface area (Å²) in [6, 6.07) is 7.02. The fourth-order valence-electron chi connectivity index (χ4n) is 1.97. The highest BCUT2D eigenvalue weighted by atomic mass is 127. The lowest BCUT2D eigenvalue weighted by atomic mass is 10.1. The summed E-state index contributed by atoms with van der Waals surface area (Å²) < 4.78 is 0.572. The van der Waals surface area contributed by atoms with E-state index >= 15 is 0 Å². The normalized spacial score (nSPS) is 16.2. The quantitative estimate of drug-likeness (QED) is 0.479. The highest BCUT2D eigenvalue weighted by Crippen LogP contribution is 2.23. The van der Waals surface area contributed by atoms with E-state index in [1.165, 1.54) is 4.90 Å². The van der Waals surface area contributed by atoms with E-state index in [-0.39, 0.29) is 11.8 Å². The monoisotopic (exact) mass is 343 g/mol. The molecule has 0 unspecified atom stereocenters. The van der Waals surface area contributed by atoms with Crippen LogP contribution in [0.1, 0.15) is 40.5 Å². The van der Waals surface area contributed by atoms with E-state index in [0.717, 1.165) is 12.8 Å². The number of hydrogen-bond acceptors (Lipinski definition) is 2. The SMILES string of the molecule is C[C@H](I)CCCN1C(=O)c2ccccc2C1=O. The van der Waals surface area contributed by atoms with Crippen molar-refractivity contribution in [2.45, 2.75) is 23.7 Å². The molecule has 0 spiro atoms. The maximum atomic E-state index is 12.0. The van der Waals surface area contributed by atoms with Gasteiger partial charge in [-0.1, -0.05) is 41.6 Å². The second kappa shape index (κ2) is 5.16. The Morgan fingerprint density at radius 3 is 2.18 bits per heavy atom. The van der Waals surface area contributed by atoms with Crippen LogP contribution in [0.3, 0.4) is 0 Å². The van der Waals surface area contributed by atoms with Crippen LogP contribution in [-0.2, 0) is 0 Å². The number of benzene rings is 1. The number of nitrogens with zero attached hydrogens (tertiary/aromatic N) is 1. The molecule has 0 aliphatic carbocycles. The Labute approximate surface area is 114 Å². The molecule has 2 rings (SSSR count). The number of imide groups is 1. The van der Waals surface area contributed by atoms with E-state index < -0.39 is 0 Å². The van der Waals surface area contributed by atoms with Gasteiger partial charge >= 0.3 is 0 Å². The summed E-state index contributed by atoms with van der Waals surface area (Å²) in [6.45, 7) is 2.66. The van der Waals surface area contributed by atoms with Crippen molar-refractivity contribution < 1.29 is 9.59 Å². The Morgan fingerprint density at radius 2 is 1.71 bits per heavy atom. The first kappa shape index (κ1) is 12.5. The van der Waals surface area contributed by atoms with E-state index in [1.807, 2.05) is 0 Å². The Bertz CT molecular complexity index is 421. The minimum Gasteiger partial charge on any atom is -0.274 e. The first-order valence-corrected chi connectivity index (χ1v) is 6.95. The average Bonchev–Trinajstić information content (AvgIpc) is 2.54. The molecule has 0 bridgehead atoms. The summed E-state index contributed by atoms with van der Waals surface area (Å²) >= 11 is 2.35. The zero-order valence-electron chi connectivity index (χ0n) is 9.65. The van der Waals surface area contributed by atoms with Gasteiger partial charge in [0.25, 0.3) is 11.8 Å². The fourth-order valence-corrected chi connectivity index (χ4v) is 2.41. The largest absolute Gasteiger partial charge is 0.274 e. The van der Waals surface area contributed by atoms with Gasteiger partial charge in [-0.3, -0.25) is 14.5 Å². The molecule has 90 valence electrons. The van der Waals surface area contributed by atoms with Crippen LogP contribution in [0.15, 0.2) is 24.3 Å². The lowest BCUT2D eigenvalue weighted by Gasteiger charge is -2.13. The smallest absolute Gasteiger partial charge is 0.261 e. The van der Waals surface area contributed by atoms with Gasteiger partial charge in [0.2, 0.25) is 0 Å². The minimum absolute atomic E-state index is 0.147. The maximum absolute atomic E-state index is 12.0. The van der Waals surface area contributed by atoms with Crippen molar-refractivity contribution in [3.63, 3.8) is 0 Å². The maximum Gasteiger partial charge on any atom is 0.261 e. The number of carbonyl (C=O) groups is 2. The second-order valence-electron chi connectivity index (χ2n) is 4.23. The lowest BCUT2D eigenvalue weighted by Crippen LogP contribution is -2.30. The third-order valence-corrected chi connectivity index (χ3v) is 3.48. The molecular weight excluding hydrogens is 329 g/mol. The van der Waals surface area contributed by atoms with Gasteiger partial charge in [0.15, 0.2) is 0 Å². The molecule has 0 radical (unpaired) electrons. The van der Waals surface area contributed by atoms with Gasteiger partial charge in [-0.2, -0.15) is 0 Å². The molecule has 1 atom stereocenters. The summed E-state index contributed by atoms with van der Waals surface area (Å²) in [7, 11) is 0. The van der Waals surface area contributed by atoms with Crippen molar-refractivity contribution in [3.05, 3.63) is 35.4 Å². The van der Waals surface area contributed by atoms with Crippen molar-refractivity contribution in [2.75, 3.05) is 6.54 Å². The summed E-state index contributed by atoms with van der Waals surface area (Å²) in [5, 5.41) is 0. The highest BCUT2D eigenvalue weighted by molar-refractivity contribution is 14.1. The Balaban J connectivity index is 2.08. The van der Waals surface area contributed by atoms with Crippen molar-refractivity contribution in [1.82, 2.24) is 4.90 Å². The molecule has 0 fully saturated rings. The van der Waals surface area contributed by atoms with Crippen LogP contribution in [-0.4, -0.2) is 27.2 Å². The summed E-state index contributed by atoms with van der Waals surface area (Å²) in [5.74, 6) is -0.293. The molecule has 1 aromatic carbocycles. The number of carbonyl (C=O) groups excluding carboxylic acids is 2. The molecule has 17 heavy (non-hydrogen) atoms. The Kier molecular flexibility index (Phi) is 3.81. The second-order valence-corrected chi connectivity index (χ2v) is 6.36. The summed E-state index contributed by atoms with van der Waals surface area (Å²) in [4.78, 5) is 25.3. The predicted octanol–water partition coefficient (Wildman–Crippen LogP) is 2.89. The first-order chi connectivity index (χ1) is 8.11. The van der Waals surface area contributed by atoms with Gasteiger partial charge in [-0.25, -0.2) is 0 Å². The van der Waals surface area contributed by atoms with E-state index in [4.69, 9.17) is 0 Å². The molecule has 4 heteroatoms. The Morgan fingerprint density at radius 1 is 1.18 bits per heavy atom. The molecule has 2 amide bonds. The number of amides is 2. The van der Waals surface area contributed by atoms with Crippen LogP contribution in [0.2, 0.25) is 0 Å². The molecule has 0 aromatic heterocycles.